The second kappa shape index (κ2) is 7.24. The molecule has 0 heterocycles. The predicted octanol–water partition coefficient (Wildman–Crippen LogP) is 2.71. The van der Waals surface area contributed by atoms with E-state index in [-0.39, 0.29) is 6.10 Å². The molecule has 1 aliphatic carbocycles. The molecule has 0 aromatic heterocycles. The monoisotopic (exact) mass is 213 g/mol. The number of aliphatic hydroxyl groups is 1. The van der Waals surface area contributed by atoms with Gasteiger partial charge in [0.05, 0.1) is 6.10 Å². The van der Waals surface area contributed by atoms with E-state index in [1.807, 2.05) is 0 Å². The van der Waals surface area contributed by atoms with E-state index >= 15 is 0 Å². The maximum absolute atomic E-state index is 9.67. The maximum Gasteiger partial charge on any atom is 0.0568 e. The van der Waals surface area contributed by atoms with Crippen molar-refractivity contribution in [3.63, 3.8) is 0 Å². The van der Waals surface area contributed by atoms with Crippen molar-refractivity contribution in [2.45, 2.75) is 70.9 Å². The van der Waals surface area contributed by atoms with E-state index in [1.165, 1.54) is 38.5 Å². The van der Waals surface area contributed by atoms with E-state index < -0.39 is 0 Å². The zero-order chi connectivity index (χ0) is 11.1. The molecule has 15 heavy (non-hydrogen) atoms. The van der Waals surface area contributed by atoms with Crippen molar-refractivity contribution in [1.82, 2.24) is 5.32 Å². The normalized spacial score (nSPS) is 26.4. The molecule has 0 bridgehead atoms. The summed E-state index contributed by atoms with van der Waals surface area (Å²) in [7, 11) is 0. The second-order valence-corrected chi connectivity index (χ2v) is 4.87. The highest BCUT2D eigenvalue weighted by Crippen LogP contribution is 2.28. The first-order chi connectivity index (χ1) is 7.27. The van der Waals surface area contributed by atoms with Crippen molar-refractivity contribution >= 4 is 0 Å². The van der Waals surface area contributed by atoms with Crippen molar-refractivity contribution in [2.24, 2.45) is 5.92 Å². The number of rotatable bonds is 7. The maximum atomic E-state index is 9.67. The van der Waals surface area contributed by atoms with Gasteiger partial charge in [-0.15, -0.1) is 0 Å². The van der Waals surface area contributed by atoms with Crippen LogP contribution in [0.25, 0.3) is 0 Å². The van der Waals surface area contributed by atoms with E-state index in [4.69, 9.17) is 0 Å². The summed E-state index contributed by atoms with van der Waals surface area (Å²) in [6, 6.07) is 0.693. The summed E-state index contributed by atoms with van der Waals surface area (Å²) < 4.78 is 0. The third-order valence-electron chi connectivity index (χ3n) is 3.79. The minimum Gasteiger partial charge on any atom is -0.393 e. The molecule has 0 aliphatic heterocycles. The first-order valence-electron chi connectivity index (χ1n) is 6.69. The Morgan fingerprint density at radius 1 is 1.27 bits per heavy atom. The fourth-order valence-corrected chi connectivity index (χ4v) is 2.60. The van der Waals surface area contributed by atoms with E-state index in [9.17, 15) is 5.11 Å². The molecular weight excluding hydrogens is 186 g/mol. The third-order valence-corrected chi connectivity index (χ3v) is 3.79. The van der Waals surface area contributed by atoms with Crippen LogP contribution in [-0.4, -0.2) is 23.8 Å². The lowest BCUT2D eigenvalue weighted by Gasteiger charge is -2.17. The van der Waals surface area contributed by atoms with Crippen molar-refractivity contribution in [3.05, 3.63) is 0 Å². The lowest BCUT2D eigenvalue weighted by molar-refractivity contribution is 0.126. The fourth-order valence-electron chi connectivity index (χ4n) is 2.60. The lowest BCUT2D eigenvalue weighted by atomic mass is 9.99. The standard InChI is InChI=1S/C13H27NO/c1-3-12(4-2)14-10-6-8-11-7-5-9-13(11)15/h11-15H,3-10H2,1-2H3. The molecule has 0 aromatic carbocycles. The second-order valence-electron chi connectivity index (χ2n) is 4.87. The molecule has 0 saturated heterocycles. The van der Waals surface area contributed by atoms with E-state index in [1.54, 1.807) is 0 Å². The van der Waals surface area contributed by atoms with Crippen LogP contribution in [0.3, 0.4) is 0 Å². The Labute approximate surface area is 94.5 Å². The summed E-state index contributed by atoms with van der Waals surface area (Å²) in [5.41, 5.74) is 0. The Morgan fingerprint density at radius 3 is 2.53 bits per heavy atom. The number of hydrogen-bond donors (Lipinski definition) is 2. The molecule has 2 unspecified atom stereocenters. The van der Waals surface area contributed by atoms with Gasteiger partial charge in [0.15, 0.2) is 0 Å². The first kappa shape index (κ1) is 13.0. The van der Waals surface area contributed by atoms with Gasteiger partial charge in [0, 0.05) is 6.04 Å². The molecule has 2 heteroatoms. The molecule has 1 saturated carbocycles. The summed E-state index contributed by atoms with van der Waals surface area (Å²) in [5.74, 6) is 0.591. The van der Waals surface area contributed by atoms with Gasteiger partial charge in [-0.3, -0.25) is 0 Å². The first-order valence-corrected chi connectivity index (χ1v) is 6.69. The van der Waals surface area contributed by atoms with Crippen LogP contribution < -0.4 is 5.32 Å². The Hall–Kier alpha value is -0.0800. The molecule has 90 valence electrons. The van der Waals surface area contributed by atoms with Crippen molar-refractivity contribution in [3.8, 4) is 0 Å². The summed E-state index contributed by atoms with van der Waals surface area (Å²) in [6.07, 6.45) is 8.37. The van der Waals surface area contributed by atoms with E-state index in [0.717, 1.165) is 13.0 Å². The molecule has 0 amide bonds. The molecule has 1 fully saturated rings. The highest BCUT2D eigenvalue weighted by Gasteiger charge is 2.24. The molecule has 2 N–H and O–H groups in total. The van der Waals surface area contributed by atoms with Crippen molar-refractivity contribution in [2.75, 3.05) is 6.54 Å². The van der Waals surface area contributed by atoms with Crippen LogP contribution in [-0.2, 0) is 0 Å². The minimum absolute atomic E-state index is 0.00172. The van der Waals surface area contributed by atoms with Gasteiger partial charge < -0.3 is 10.4 Å². The van der Waals surface area contributed by atoms with Gasteiger partial charge >= 0.3 is 0 Å². The Morgan fingerprint density at radius 2 is 2.00 bits per heavy atom. The highest BCUT2D eigenvalue weighted by atomic mass is 16.3. The average Bonchev–Trinajstić information content (AvgIpc) is 2.65. The third kappa shape index (κ3) is 4.52. The molecule has 0 radical (unpaired) electrons. The highest BCUT2D eigenvalue weighted by molar-refractivity contribution is 4.76. The van der Waals surface area contributed by atoms with Gasteiger partial charge in [-0.25, -0.2) is 0 Å². The molecule has 1 aliphatic rings. The zero-order valence-corrected chi connectivity index (χ0v) is 10.3. The molecule has 0 spiro atoms. The van der Waals surface area contributed by atoms with Crippen molar-refractivity contribution in [1.29, 1.82) is 0 Å². The van der Waals surface area contributed by atoms with Crippen molar-refractivity contribution < 1.29 is 5.11 Å². The molecule has 1 rings (SSSR count). The number of aliphatic hydroxyl groups excluding tert-OH is 1. The molecular formula is C13H27NO. The van der Waals surface area contributed by atoms with Crippen LogP contribution in [0.2, 0.25) is 0 Å². The topological polar surface area (TPSA) is 32.3 Å². The van der Waals surface area contributed by atoms with Crippen LogP contribution in [0.5, 0.6) is 0 Å². The van der Waals surface area contributed by atoms with E-state index in [2.05, 4.69) is 19.2 Å². The van der Waals surface area contributed by atoms with Crippen LogP contribution >= 0.6 is 0 Å². The van der Waals surface area contributed by atoms with Crippen LogP contribution in [0.1, 0.15) is 58.8 Å². The Kier molecular flexibility index (Phi) is 6.26. The van der Waals surface area contributed by atoms with E-state index in [0.29, 0.717) is 12.0 Å². The predicted molar refractivity (Wildman–Crippen MR) is 65.0 cm³/mol. The SMILES string of the molecule is CCC(CC)NCCCC1CCCC1O. The molecule has 2 nitrogen and oxygen atoms in total. The number of hydrogen-bond acceptors (Lipinski definition) is 2. The summed E-state index contributed by atoms with van der Waals surface area (Å²) in [6.45, 7) is 5.60. The van der Waals surface area contributed by atoms with Gasteiger partial charge in [-0.2, -0.15) is 0 Å². The molecule has 2 atom stereocenters. The number of nitrogens with one attached hydrogen (secondary N) is 1. The van der Waals surface area contributed by atoms with Gasteiger partial charge in [0.25, 0.3) is 0 Å². The lowest BCUT2D eigenvalue weighted by Crippen LogP contribution is -2.29. The van der Waals surface area contributed by atoms with Gasteiger partial charge in [0.2, 0.25) is 0 Å². The summed E-state index contributed by atoms with van der Waals surface area (Å²) in [5, 5.41) is 13.2. The summed E-state index contributed by atoms with van der Waals surface area (Å²) in [4.78, 5) is 0. The van der Waals surface area contributed by atoms with Crippen LogP contribution in [0, 0.1) is 5.92 Å². The minimum atomic E-state index is -0.00172. The Bertz CT molecular complexity index is 157. The smallest absolute Gasteiger partial charge is 0.0568 e. The largest absolute Gasteiger partial charge is 0.393 e. The quantitative estimate of drug-likeness (QED) is 0.637. The van der Waals surface area contributed by atoms with Crippen LogP contribution in [0.4, 0.5) is 0 Å². The average molecular weight is 213 g/mol. The van der Waals surface area contributed by atoms with Crippen LogP contribution in [0.15, 0.2) is 0 Å². The summed E-state index contributed by atoms with van der Waals surface area (Å²) >= 11 is 0. The van der Waals surface area contributed by atoms with Gasteiger partial charge in [0.1, 0.15) is 0 Å². The van der Waals surface area contributed by atoms with Gasteiger partial charge in [-0.1, -0.05) is 20.3 Å². The Balaban J connectivity index is 2.01. The van der Waals surface area contributed by atoms with Gasteiger partial charge in [-0.05, 0) is 51.0 Å². The zero-order valence-electron chi connectivity index (χ0n) is 10.3. The fraction of sp³-hybridized carbons (Fsp3) is 1.00. The molecule has 0 aromatic rings.